The highest BCUT2D eigenvalue weighted by Gasteiger charge is 2.53. The van der Waals surface area contributed by atoms with Gasteiger partial charge in [-0.05, 0) is 74.7 Å². The molecule has 0 saturated heterocycles. The molecule has 1 unspecified atom stereocenters. The highest BCUT2D eigenvalue weighted by Crippen LogP contribution is 2.61. The van der Waals surface area contributed by atoms with Crippen molar-refractivity contribution in [2.45, 2.75) is 58.5 Å². The molecule has 4 aliphatic carbocycles. The topological polar surface area (TPSA) is 23.5 Å². The maximum Gasteiger partial charge on any atom is 0.0723 e. The lowest BCUT2D eigenvalue weighted by Gasteiger charge is -2.58. The molecule has 0 aliphatic heterocycles. The van der Waals surface area contributed by atoms with Crippen LogP contribution in [0.4, 0.5) is 0 Å². The van der Waals surface area contributed by atoms with Gasteiger partial charge in [-0.1, -0.05) is 13.8 Å². The molecule has 0 radical (unpaired) electrons. The number of rotatable bonds is 5. The maximum absolute atomic E-state index is 10.9. The van der Waals surface area contributed by atoms with Crippen LogP contribution >= 0.6 is 0 Å². The summed E-state index contributed by atoms with van der Waals surface area (Å²) >= 11 is 0. The second-order valence-electron chi connectivity index (χ2n) is 8.41. The monoisotopic (exact) mass is 265 g/mol. The van der Waals surface area contributed by atoms with Gasteiger partial charge in [0.2, 0.25) is 0 Å². The van der Waals surface area contributed by atoms with E-state index in [1.165, 1.54) is 38.5 Å². The van der Waals surface area contributed by atoms with Crippen LogP contribution in [0, 0.1) is 29.1 Å². The first-order chi connectivity index (χ1) is 8.97. The van der Waals surface area contributed by atoms with Crippen LogP contribution in [0.5, 0.6) is 0 Å². The summed E-state index contributed by atoms with van der Waals surface area (Å²) in [5.41, 5.74) is 0.292. The van der Waals surface area contributed by atoms with Crippen molar-refractivity contribution in [3.05, 3.63) is 0 Å². The van der Waals surface area contributed by atoms with E-state index in [2.05, 4.69) is 25.8 Å². The van der Waals surface area contributed by atoms with Crippen molar-refractivity contribution in [2.24, 2.45) is 29.1 Å². The average Bonchev–Trinajstić information content (AvgIpc) is 2.25. The molecule has 2 nitrogen and oxygen atoms in total. The van der Waals surface area contributed by atoms with Gasteiger partial charge in [0, 0.05) is 13.1 Å². The normalized spacial score (nSPS) is 42.3. The Kier molecular flexibility index (Phi) is 3.68. The third kappa shape index (κ3) is 2.71. The van der Waals surface area contributed by atoms with Crippen LogP contribution in [0.25, 0.3) is 0 Å². The first-order valence-corrected chi connectivity index (χ1v) is 8.33. The first kappa shape index (κ1) is 13.9. The quantitative estimate of drug-likeness (QED) is 0.825. The Bertz CT molecular complexity index is 290. The second-order valence-corrected chi connectivity index (χ2v) is 8.41. The number of aliphatic hydroxyl groups excluding tert-OH is 1. The zero-order valence-electron chi connectivity index (χ0n) is 12.9. The number of likely N-dealkylation sites (N-methyl/N-ethyl adjacent to an activating group) is 1. The standard InChI is InChI=1S/C17H31NO/c1-12(2)10-18(3)11-16(19)17-7-13-4-14(8-17)6-15(5-13)9-17/h12-16,19H,4-11H2,1-3H3. The number of nitrogens with zero attached hydrogens (tertiary/aromatic N) is 1. The molecule has 0 heterocycles. The van der Waals surface area contributed by atoms with E-state index in [1.54, 1.807) is 0 Å². The maximum atomic E-state index is 10.9. The smallest absolute Gasteiger partial charge is 0.0723 e. The van der Waals surface area contributed by atoms with Gasteiger partial charge in [0.1, 0.15) is 0 Å². The van der Waals surface area contributed by atoms with Crippen LogP contribution in [0.2, 0.25) is 0 Å². The Morgan fingerprint density at radius 2 is 1.47 bits per heavy atom. The van der Waals surface area contributed by atoms with Gasteiger partial charge in [0.25, 0.3) is 0 Å². The van der Waals surface area contributed by atoms with E-state index in [0.717, 1.165) is 30.8 Å². The van der Waals surface area contributed by atoms with Gasteiger partial charge in [-0.15, -0.1) is 0 Å². The summed E-state index contributed by atoms with van der Waals surface area (Å²) < 4.78 is 0. The number of aliphatic hydroxyl groups is 1. The van der Waals surface area contributed by atoms with Crippen LogP contribution in [-0.2, 0) is 0 Å². The van der Waals surface area contributed by atoms with E-state index < -0.39 is 0 Å². The largest absolute Gasteiger partial charge is 0.391 e. The van der Waals surface area contributed by atoms with Gasteiger partial charge >= 0.3 is 0 Å². The van der Waals surface area contributed by atoms with E-state index in [4.69, 9.17) is 0 Å². The van der Waals surface area contributed by atoms with Crippen LogP contribution < -0.4 is 0 Å². The lowest BCUT2D eigenvalue weighted by molar-refractivity contribution is -0.125. The molecule has 1 atom stereocenters. The third-order valence-electron chi connectivity index (χ3n) is 5.95. The fourth-order valence-corrected chi connectivity index (χ4v) is 5.77. The molecule has 110 valence electrons. The van der Waals surface area contributed by atoms with Crippen molar-refractivity contribution >= 4 is 0 Å². The van der Waals surface area contributed by atoms with Crippen molar-refractivity contribution in [3.8, 4) is 0 Å². The van der Waals surface area contributed by atoms with Gasteiger partial charge in [-0.3, -0.25) is 0 Å². The minimum atomic E-state index is -0.0929. The molecular weight excluding hydrogens is 234 g/mol. The predicted molar refractivity (Wildman–Crippen MR) is 78.9 cm³/mol. The van der Waals surface area contributed by atoms with Gasteiger partial charge in [0.05, 0.1) is 6.10 Å². The van der Waals surface area contributed by atoms with Gasteiger partial charge in [-0.2, -0.15) is 0 Å². The molecule has 0 aromatic rings. The van der Waals surface area contributed by atoms with E-state index in [1.807, 2.05) is 0 Å². The van der Waals surface area contributed by atoms with Gasteiger partial charge in [0.15, 0.2) is 0 Å². The Morgan fingerprint density at radius 1 is 1.00 bits per heavy atom. The second kappa shape index (κ2) is 5.04. The van der Waals surface area contributed by atoms with Crippen molar-refractivity contribution < 1.29 is 5.11 Å². The zero-order chi connectivity index (χ0) is 13.6. The molecule has 4 saturated carbocycles. The van der Waals surface area contributed by atoms with Crippen LogP contribution in [0.1, 0.15) is 52.4 Å². The minimum absolute atomic E-state index is 0.0929. The molecule has 19 heavy (non-hydrogen) atoms. The van der Waals surface area contributed by atoms with E-state index in [-0.39, 0.29) is 6.10 Å². The Labute approximate surface area is 118 Å². The van der Waals surface area contributed by atoms with Gasteiger partial charge in [-0.25, -0.2) is 0 Å². The summed E-state index contributed by atoms with van der Waals surface area (Å²) in [6, 6.07) is 0. The predicted octanol–water partition coefficient (Wildman–Crippen LogP) is 3.15. The van der Waals surface area contributed by atoms with Crippen molar-refractivity contribution in [1.82, 2.24) is 4.90 Å². The van der Waals surface area contributed by atoms with Crippen LogP contribution in [0.15, 0.2) is 0 Å². The summed E-state index contributed by atoms with van der Waals surface area (Å²) in [7, 11) is 2.17. The lowest BCUT2D eigenvalue weighted by Crippen LogP contribution is -2.54. The molecule has 0 amide bonds. The summed E-state index contributed by atoms with van der Waals surface area (Å²) in [6.07, 6.45) is 8.25. The highest BCUT2D eigenvalue weighted by atomic mass is 16.3. The third-order valence-corrected chi connectivity index (χ3v) is 5.95. The van der Waals surface area contributed by atoms with Crippen molar-refractivity contribution in [1.29, 1.82) is 0 Å². The highest BCUT2D eigenvalue weighted by molar-refractivity contribution is 5.04. The Hall–Kier alpha value is -0.0800. The van der Waals surface area contributed by atoms with E-state index in [0.29, 0.717) is 11.3 Å². The zero-order valence-corrected chi connectivity index (χ0v) is 12.9. The van der Waals surface area contributed by atoms with Crippen LogP contribution in [-0.4, -0.2) is 36.2 Å². The molecule has 4 bridgehead atoms. The molecule has 1 N–H and O–H groups in total. The summed E-state index contributed by atoms with van der Waals surface area (Å²) in [4.78, 5) is 2.34. The molecule has 4 rings (SSSR count). The molecule has 0 spiro atoms. The van der Waals surface area contributed by atoms with Crippen molar-refractivity contribution in [3.63, 3.8) is 0 Å². The fraction of sp³-hybridized carbons (Fsp3) is 1.00. The van der Waals surface area contributed by atoms with Crippen molar-refractivity contribution in [2.75, 3.05) is 20.1 Å². The van der Waals surface area contributed by atoms with E-state index in [9.17, 15) is 5.11 Å². The Balaban J connectivity index is 1.64. The first-order valence-electron chi connectivity index (χ1n) is 8.33. The fourth-order valence-electron chi connectivity index (χ4n) is 5.77. The van der Waals surface area contributed by atoms with E-state index >= 15 is 0 Å². The average molecular weight is 265 g/mol. The lowest BCUT2D eigenvalue weighted by atomic mass is 9.48. The molecule has 0 aromatic heterocycles. The molecule has 4 fully saturated rings. The molecule has 0 aromatic carbocycles. The SMILES string of the molecule is CC(C)CN(C)CC(O)C12CC3CC(CC(C3)C1)C2. The minimum Gasteiger partial charge on any atom is -0.391 e. The summed E-state index contributed by atoms with van der Waals surface area (Å²) in [5.74, 6) is 3.51. The Morgan fingerprint density at radius 3 is 1.89 bits per heavy atom. The summed E-state index contributed by atoms with van der Waals surface area (Å²) in [6.45, 7) is 6.50. The molecule has 2 heteroatoms. The number of hydrogen-bond donors (Lipinski definition) is 1. The number of hydrogen-bond acceptors (Lipinski definition) is 2. The summed E-state index contributed by atoms with van der Waals surface area (Å²) in [5, 5.41) is 10.9. The van der Waals surface area contributed by atoms with Crippen LogP contribution in [0.3, 0.4) is 0 Å². The van der Waals surface area contributed by atoms with Gasteiger partial charge < -0.3 is 10.0 Å². The molecule has 4 aliphatic rings. The molecular formula is C17H31NO.